The van der Waals surface area contributed by atoms with Crippen LogP contribution in [0.3, 0.4) is 0 Å². The summed E-state index contributed by atoms with van der Waals surface area (Å²) in [6.45, 7) is 7.82. The Morgan fingerprint density at radius 3 is 2.45 bits per heavy atom. The standard InChI is InChI=1S/C18H27NO3/c1-18(2,19-10-13-22-14-11-19)17(20)16-8-6-15(7-9-16)5-4-12-21-3/h6-9H,4-5,10-14H2,1-3H3. The van der Waals surface area contributed by atoms with Crippen molar-refractivity contribution in [3.63, 3.8) is 0 Å². The Balaban J connectivity index is 2.01. The van der Waals surface area contributed by atoms with E-state index in [0.29, 0.717) is 13.2 Å². The molecule has 22 heavy (non-hydrogen) atoms. The van der Waals surface area contributed by atoms with Crippen molar-refractivity contribution in [2.75, 3.05) is 40.0 Å². The summed E-state index contributed by atoms with van der Waals surface area (Å²) >= 11 is 0. The van der Waals surface area contributed by atoms with Crippen LogP contribution in [0.15, 0.2) is 24.3 Å². The highest BCUT2D eigenvalue weighted by Crippen LogP contribution is 2.22. The lowest BCUT2D eigenvalue weighted by Gasteiger charge is -2.39. The fourth-order valence-corrected chi connectivity index (χ4v) is 2.86. The minimum atomic E-state index is -0.485. The van der Waals surface area contributed by atoms with Gasteiger partial charge in [-0.25, -0.2) is 0 Å². The van der Waals surface area contributed by atoms with E-state index in [1.807, 2.05) is 26.0 Å². The molecular weight excluding hydrogens is 278 g/mol. The molecule has 0 atom stereocenters. The van der Waals surface area contributed by atoms with Gasteiger partial charge >= 0.3 is 0 Å². The Kier molecular flexibility index (Phi) is 6.12. The lowest BCUT2D eigenvalue weighted by molar-refractivity contribution is -0.00429. The second-order valence-corrected chi connectivity index (χ2v) is 6.28. The molecule has 0 radical (unpaired) electrons. The van der Waals surface area contributed by atoms with E-state index in [-0.39, 0.29) is 5.78 Å². The van der Waals surface area contributed by atoms with E-state index >= 15 is 0 Å². The van der Waals surface area contributed by atoms with Crippen molar-refractivity contribution in [2.24, 2.45) is 0 Å². The van der Waals surface area contributed by atoms with Gasteiger partial charge in [-0.1, -0.05) is 24.3 Å². The molecule has 1 aliphatic rings. The molecule has 0 unspecified atom stereocenters. The van der Waals surface area contributed by atoms with Gasteiger partial charge in [-0.3, -0.25) is 9.69 Å². The quantitative estimate of drug-likeness (QED) is 0.573. The molecular formula is C18H27NO3. The zero-order chi connectivity index (χ0) is 16.0. The molecule has 1 aromatic carbocycles. The Bertz CT molecular complexity index is 476. The zero-order valence-electron chi connectivity index (χ0n) is 13.9. The van der Waals surface area contributed by atoms with E-state index in [2.05, 4.69) is 17.0 Å². The third-order valence-electron chi connectivity index (χ3n) is 4.39. The summed E-state index contributed by atoms with van der Waals surface area (Å²) in [4.78, 5) is 15.0. The average Bonchev–Trinajstić information content (AvgIpc) is 2.56. The third kappa shape index (κ3) is 4.15. The van der Waals surface area contributed by atoms with Gasteiger partial charge in [-0.2, -0.15) is 0 Å². The SMILES string of the molecule is COCCCc1ccc(C(=O)C(C)(C)N2CCOCC2)cc1. The Labute approximate surface area is 133 Å². The first-order chi connectivity index (χ1) is 10.6. The molecule has 1 aromatic rings. The van der Waals surface area contributed by atoms with E-state index in [9.17, 15) is 4.79 Å². The predicted octanol–water partition coefficient (Wildman–Crippen LogP) is 2.56. The van der Waals surface area contributed by atoms with Crippen molar-refractivity contribution in [3.8, 4) is 0 Å². The van der Waals surface area contributed by atoms with Crippen molar-refractivity contribution < 1.29 is 14.3 Å². The number of aryl methyl sites for hydroxylation is 1. The van der Waals surface area contributed by atoms with Gasteiger partial charge in [0.25, 0.3) is 0 Å². The van der Waals surface area contributed by atoms with Crippen molar-refractivity contribution >= 4 is 5.78 Å². The number of benzene rings is 1. The van der Waals surface area contributed by atoms with Gasteiger partial charge in [-0.05, 0) is 32.3 Å². The monoisotopic (exact) mass is 305 g/mol. The number of ketones is 1. The molecule has 0 aromatic heterocycles. The highest BCUT2D eigenvalue weighted by molar-refractivity contribution is 6.02. The fraction of sp³-hybridized carbons (Fsp3) is 0.611. The molecule has 0 N–H and O–H groups in total. The number of rotatable bonds is 7. The molecule has 0 aliphatic carbocycles. The average molecular weight is 305 g/mol. The summed E-state index contributed by atoms with van der Waals surface area (Å²) < 4.78 is 10.4. The largest absolute Gasteiger partial charge is 0.385 e. The van der Waals surface area contributed by atoms with Gasteiger partial charge in [-0.15, -0.1) is 0 Å². The molecule has 0 bridgehead atoms. The first-order valence-corrected chi connectivity index (χ1v) is 8.01. The number of carbonyl (C=O) groups excluding carboxylic acids is 1. The molecule has 4 heteroatoms. The normalized spacial score (nSPS) is 16.7. The first-order valence-electron chi connectivity index (χ1n) is 8.01. The van der Waals surface area contributed by atoms with Gasteiger partial charge in [0.15, 0.2) is 5.78 Å². The van der Waals surface area contributed by atoms with Crippen LogP contribution >= 0.6 is 0 Å². The Morgan fingerprint density at radius 2 is 1.86 bits per heavy atom. The first kappa shape index (κ1) is 17.1. The van der Waals surface area contributed by atoms with Gasteiger partial charge in [0.1, 0.15) is 0 Å². The molecule has 1 fully saturated rings. The summed E-state index contributed by atoms with van der Waals surface area (Å²) in [5.74, 6) is 0.179. The molecule has 4 nitrogen and oxygen atoms in total. The van der Waals surface area contributed by atoms with E-state index in [4.69, 9.17) is 9.47 Å². The number of morpholine rings is 1. The minimum Gasteiger partial charge on any atom is -0.385 e. The van der Waals surface area contributed by atoms with Gasteiger partial charge in [0.05, 0.1) is 18.8 Å². The second kappa shape index (κ2) is 7.86. The van der Waals surface area contributed by atoms with Crippen LogP contribution in [0, 0.1) is 0 Å². The van der Waals surface area contributed by atoms with Crippen molar-refractivity contribution in [1.82, 2.24) is 4.90 Å². The summed E-state index contributed by atoms with van der Waals surface area (Å²) in [6.07, 6.45) is 1.98. The highest BCUT2D eigenvalue weighted by atomic mass is 16.5. The van der Waals surface area contributed by atoms with Crippen LogP contribution in [0.2, 0.25) is 0 Å². The summed E-state index contributed by atoms with van der Waals surface area (Å²) in [5, 5.41) is 0. The molecule has 0 amide bonds. The zero-order valence-corrected chi connectivity index (χ0v) is 13.9. The molecule has 1 aliphatic heterocycles. The topological polar surface area (TPSA) is 38.8 Å². The predicted molar refractivity (Wildman–Crippen MR) is 87.4 cm³/mol. The van der Waals surface area contributed by atoms with Crippen LogP contribution in [0.1, 0.15) is 36.2 Å². The molecule has 1 saturated heterocycles. The Morgan fingerprint density at radius 1 is 1.23 bits per heavy atom. The van der Waals surface area contributed by atoms with Crippen molar-refractivity contribution in [2.45, 2.75) is 32.2 Å². The number of nitrogens with zero attached hydrogens (tertiary/aromatic N) is 1. The maximum absolute atomic E-state index is 12.8. The van der Waals surface area contributed by atoms with Crippen molar-refractivity contribution in [3.05, 3.63) is 35.4 Å². The van der Waals surface area contributed by atoms with E-state index in [1.165, 1.54) is 5.56 Å². The van der Waals surface area contributed by atoms with E-state index in [0.717, 1.165) is 38.1 Å². The Hall–Kier alpha value is -1.23. The number of hydrogen-bond acceptors (Lipinski definition) is 4. The van der Waals surface area contributed by atoms with Crippen LogP contribution in [-0.4, -0.2) is 56.2 Å². The summed E-state index contributed by atoms with van der Waals surface area (Å²) in [7, 11) is 1.72. The number of carbonyl (C=O) groups is 1. The third-order valence-corrected chi connectivity index (χ3v) is 4.39. The van der Waals surface area contributed by atoms with Crippen LogP contribution in [0.5, 0.6) is 0 Å². The maximum Gasteiger partial charge on any atom is 0.182 e. The van der Waals surface area contributed by atoms with Gasteiger partial charge < -0.3 is 9.47 Å². The second-order valence-electron chi connectivity index (χ2n) is 6.28. The lowest BCUT2D eigenvalue weighted by Crippen LogP contribution is -2.54. The molecule has 2 rings (SSSR count). The maximum atomic E-state index is 12.8. The van der Waals surface area contributed by atoms with Crippen molar-refractivity contribution in [1.29, 1.82) is 0 Å². The van der Waals surface area contributed by atoms with Gasteiger partial charge in [0, 0.05) is 32.4 Å². The van der Waals surface area contributed by atoms with E-state index in [1.54, 1.807) is 7.11 Å². The van der Waals surface area contributed by atoms with Gasteiger partial charge in [0.2, 0.25) is 0 Å². The smallest absolute Gasteiger partial charge is 0.182 e. The molecule has 122 valence electrons. The van der Waals surface area contributed by atoms with Crippen LogP contribution < -0.4 is 0 Å². The summed E-state index contributed by atoms with van der Waals surface area (Å²) in [6, 6.07) is 8.01. The van der Waals surface area contributed by atoms with Crippen LogP contribution in [0.25, 0.3) is 0 Å². The minimum absolute atomic E-state index is 0.179. The molecule has 0 saturated carbocycles. The number of ether oxygens (including phenoxy) is 2. The highest BCUT2D eigenvalue weighted by Gasteiger charge is 2.35. The molecule has 0 spiro atoms. The molecule has 1 heterocycles. The summed E-state index contributed by atoms with van der Waals surface area (Å²) in [5.41, 5.74) is 1.55. The number of methoxy groups -OCH3 is 1. The van der Waals surface area contributed by atoms with Crippen LogP contribution in [0.4, 0.5) is 0 Å². The number of hydrogen-bond donors (Lipinski definition) is 0. The van der Waals surface area contributed by atoms with E-state index < -0.39 is 5.54 Å². The number of Topliss-reactive ketones (excluding diaryl/α,β-unsaturated/α-hetero) is 1. The lowest BCUT2D eigenvalue weighted by atomic mass is 9.90. The fourth-order valence-electron chi connectivity index (χ4n) is 2.86. The van der Waals surface area contributed by atoms with Crippen LogP contribution in [-0.2, 0) is 15.9 Å².